The lowest BCUT2D eigenvalue weighted by Gasteiger charge is -2.09. The summed E-state index contributed by atoms with van der Waals surface area (Å²) < 4.78 is 38.4. The van der Waals surface area contributed by atoms with Crippen molar-refractivity contribution in [3.63, 3.8) is 0 Å². The van der Waals surface area contributed by atoms with Crippen LogP contribution >= 0.6 is 15.9 Å². The topological polar surface area (TPSA) is 81.4 Å². The van der Waals surface area contributed by atoms with Gasteiger partial charge in [0.1, 0.15) is 12.4 Å². The highest BCUT2D eigenvalue weighted by molar-refractivity contribution is 9.10. The van der Waals surface area contributed by atoms with Gasteiger partial charge in [-0.15, -0.1) is 0 Å². The van der Waals surface area contributed by atoms with Crippen molar-refractivity contribution in [2.75, 3.05) is 0 Å². The van der Waals surface area contributed by atoms with Gasteiger partial charge in [-0.1, -0.05) is 15.9 Å². The lowest BCUT2D eigenvalue weighted by Crippen LogP contribution is -2.20. The molecule has 8 heteroatoms. The molecule has 1 unspecified atom stereocenters. The molecular formula is C11H13BrN2O4S. The van der Waals surface area contributed by atoms with E-state index in [1.165, 1.54) is 6.92 Å². The molecule has 0 radical (unpaired) electrons. The average Bonchev–Trinajstić information content (AvgIpc) is 2.62. The molecule has 0 spiro atoms. The number of aromatic nitrogens is 2. The number of ether oxygens (including phenoxy) is 1. The molecule has 104 valence electrons. The fourth-order valence-electron chi connectivity index (χ4n) is 1.62. The third-order valence-corrected chi connectivity index (χ3v) is 4.27. The highest BCUT2D eigenvalue weighted by Gasteiger charge is 2.19. The van der Waals surface area contributed by atoms with Gasteiger partial charge in [0.15, 0.2) is 5.44 Å². The number of benzene rings is 1. The quantitative estimate of drug-likeness (QED) is 0.855. The van der Waals surface area contributed by atoms with E-state index in [0.717, 1.165) is 15.5 Å². The average molecular weight is 349 g/mol. The molecule has 1 atom stereocenters. The summed E-state index contributed by atoms with van der Waals surface area (Å²) in [6.07, 6.45) is 0. The Morgan fingerprint density at radius 3 is 2.84 bits per heavy atom. The number of imidazole rings is 1. The summed E-state index contributed by atoms with van der Waals surface area (Å²) in [5.41, 5.74) is 0.426. The number of nitrogens with zero attached hydrogens (tertiary/aromatic N) is 2. The smallest absolute Gasteiger partial charge is 0.291 e. The van der Waals surface area contributed by atoms with Gasteiger partial charge in [-0.3, -0.25) is 4.55 Å². The summed E-state index contributed by atoms with van der Waals surface area (Å²) >= 11 is 3.38. The van der Waals surface area contributed by atoms with Crippen LogP contribution in [0.4, 0.5) is 0 Å². The third kappa shape index (κ3) is 3.14. The Kier molecular flexibility index (Phi) is 3.95. The lowest BCUT2D eigenvalue weighted by atomic mass is 10.3. The molecule has 2 aromatic rings. The Morgan fingerprint density at radius 2 is 2.21 bits per heavy atom. The predicted octanol–water partition coefficient (Wildman–Crippen LogP) is 2.09. The number of hydrogen-bond donors (Lipinski definition) is 1. The van der Waals surface area contributed by atoms with Crippen molar-refractivity contribution in [2.24, 2.45) is 7.05 Å². The largest absolute Gasteiger partial charge is 0.352 e. The zero-order valence-corrected chi connectivity index (χ0v) is 12.8. The van der Waals surface area contributed by atoms with E-state index in [1.54, 1.807) is 0 Å². The van der Waals surface area contributed by atoms with Gasteiger partial charge in [-0.25, -0.2) is 4.98 Å². The first-order valence-corrected chi connectivity index (χ1v) is 7.77. The summed E-state index contributed by atoms with van der Waals surface area (Å²) in [4.78, 5) is 4.35. The summed E-state index contributed by atoms with van der Waals surface area (Å²) in [5.74, 6) is 0.587. The molecule has 19 heavy (non-hydrogen) atoms. The number of aryl methyl sites for hydroxylation is 1. The van der Waals surface area contributed by atoms with Crippen molar-refractivity contribution >= 4 is 37.1 Å². The molecule has 6 nitrogen and oxygen atoms in total. The van der Waals surface area contributed by atoms with Gasteiger partial charge >= 0.3 is 0 Å². The monoisotopic (exact) mass is 348 g/mol. The van der Waals surface area contributed by atoms with Gasteiger partial charge < -0.3 is 9.30 Å². The standard InChI is InChI=1S/C11H13BrN2O4S/c1-7(19(15,16)17)18-6-11-13-9-4-3-8(12)5-10(9)14(11)2/h3-5,7H,6H2,1-2H3,(H,15,16,17). The number of rotatable bonds is 4. The Morgan fingerprint density at radius 1 is 1.53 bits per heavy atom. The first-order chi connectivity index (χ1) is 8.79. The van der Waals surface area contributed by atoms with Crippen molar-refractivity contribution in [2.45, 2.75) is 19.0 Å². The first kappa shape index (κ1) is 14.4. The molecular weight excluding hydrogens is 336 g/mol. The van der Waals surface area contributed by atoms with Crippen LogP contribution in [0.2, 0.25) is 0 Å². The summed E-state index contributed by atoms with van der Waals surface area (Å²) in [7, 11) is -2.37. The highest BCUT2D eigenvalue weighted by Crippen LogP contribution is 2.20. The van der Waals surface area contributed by atoms with E-state index in [9.17, 15) is 8.42 Å². The molecule has 0 saturated carbocycles. The van der Waals surface area contributed by atoms with Gasteiger partial charge in [0.2, 0.25) is 0 Å². The molecule has 0 fully saturated rings. The van der Waals surface area contributed by atoms with E-state index in [4.69, 9.17) is 9.29 Å². The molecule has 0 aliphatic carbocycles. The number of halogens is 1. The predicted molar refractivity (Wildman–Crippen MR) is 74.2 cm³/mol. The van der Waals surface area contributed by atoms with E-state index in [2.05, 4.69) is 20.9 Å². The molecule has 0 saturated heterocycles. The van der Waals surface area contributed by atoms with Gasteiger partial charge in [-0.05, 0) is 25.1 Å². The highest BCUT2D eigenvalue weighted by atomic mass is 79.9. The molecule has 2 rings (SSSR count). The fourth-order valence-corrected chi connectivity index (χ4v) is 2.21. The third-order valence-electron chi connectivity index (χ3n) is 2.80. The second kappa shape index (κ2) is 5.20. The Labute approximate surface area is 119 Å². The van der Waals surface area contributed by atoms with Crippen molar-refractivity contribution in [1.29, 1.82) is 0 Å². The van der Waals surface area contributed by atoms with Crippen LogP contribution in [-0.2, 0) is 28.5 Å². The maximum atomic E-state index is 10.9. The van der Waals surface area contributed by atoms with E-state index in [0.29, 0.717) is 5.82 Å². The van der Waals surface area contributed by atoms with Crippen LogP contribution in [0.15, 0.2) is 22.7 Å². The number of fused-ring (bicyclic) bond motifs is 1. The van der Waals surface area contributed by atoms with E-state index < -0.39 is 15.6 Å². The maximum absolute atomic E-state index is 10.9. The normalized spacial score (nSPS) is 13.9. The second-order valence-corrected chi connectivity index (χ2v) is 6.72. The second-order valence-electron chi connectivity index (χ2n) is 4.11. The minimum Gasteiger partial charge on any atom is -0.352 e. The van der Waals surface area contributed by atoms with Crippen molar-refractivity contribution in [3.8, 4) is 0 Å². The molecule has 1 heterocycles. The van der Waals surface area contributed by atoms with Crippen molar-refractivity contribution in [3.05, 3.63) is 28.5 Å². The molecule has 1 aromatic carbocycles. The van der Waals surface area contributed by atoms with Crippen LogP contribution in [0.5, 0.6) is 0 Å². The maximum Gasteiger partial charge on any atom is 0.291 e. The zero-order valence-electron chi connectivity index (χ0n) is 10.4. The van der Waals surface area contributed by atoms with Crippen LogP contribution in [-0.4, -0.2) is 28.0 Å². The molecule has 1 N–H and O–H groups in total. The molecule has 0 bridgehead atoms. The van der Waals surface area contributed by atoms with E-state index >= 15 is 0 Å². The first-order valence-electron chi connectivity index (χ1n) is 5.48. The van der Waals surface area contributed by atoms with E-state index in [-0.39, 0.29) is 6.61 Å². The Balaban J connectivity index is 2.25. The van der Waals surface area contributed by atoms with Crippen LogP contribution in [0.25, 0.3) is 11.0 Å². The summed E-state index contributed by atoms with van der Waals surface area (Å²) in [6, 6.07) is 5.65. The minimum absolute atomic E-state index is 0.00373. The molecule has 0 aliphatic rings. The molecule has 0 amide bonds. The van der Waals surface area contributed by atoms with Crippen molar-refractivity contribution in [1.82, 2.24) is 9.55 Å². The molecule has 1 aromatic heterocycles. The van der Waals surface area contributed by atoms with Gasteiger partial charge in [0, 0.05) is 11.5 Å². The minimum atomic E-state index is -4.19. The van der Waals surface area contributed by atoms with Crippen LogP contribution in [0, 0.1) is 0 Å². The van der Waals surface area contributed by atoms with Gasteiger partial charge in [0.25, 0.3) is 10.1 Å². The molecule has 0 aliphatic heterocycles. The van der Waals surface area contributed by atoms with Crippen LogP contribution in [0.3, 0.4) is 0 Å². The summed E-state index contributed by atoms with van der Waals surface area (Å²) in [6.45, 7) is 1.28. The van der Waals surface area contributed by atoms with Crippen molar-refractivity contribution < 1.29 is 17.7 Å². The SMILES string of the molecule is CC(OCc1nc2ccc(Br)cc2n1C)S(=O)(=O)O. The van der Waals surface area contributed by atoms with Gasteiger partial charge in [0.05, 0.1) is 11.0 Å². The zero-order chi connectivity index (χ0) is 14.2. The summed E-state index contributed by atoms with van der Waals surface area (Å²) in [5, 5.41) is 0. The van der Waals surface area contributed by atoms with Crippen LogP contribution in [0.1, 0.15) is 12.7 Å². The van der Waals surface area contributed by atoms with Gasteiger partial charge in [-0.2, -0.15) is 8.42 Å². The number of hydrogen-bond acceptors (Lipinski definition) is 4. The lowest BCUT2D eigenvalue weighted by molar-refractivity contribution is 0.0910. The van der Waals surface area contributed by atoms with Crippen LogP contribution < -0.4 is 0 Å². The van der Waals surface area contributed by atoms with E-state index in [1.807, 2.05) is 29.8 Å². The fraction of sp³-hybridized carbons (Fsp3) is 0.364. The Hall–Kier alpha value is -0.960. The Bertz CT molecular complexity index is 711.